The summed E-state index contributed by atoms with van der Waals surface area (Å²) in [5.41, 5.74) is 7.29. The summed E-state index contributed by atoms with van der Waals surface area (Å²) in [4.78, 5) is 10.8. The number of hydrogen-bond donors (Lipinski definition) is 4. The summed E-state index contributed by atoms with van der Waals surface area (Å²) in [7, 11) is 0. The van der Waals surface area contributed by atoms with Gasteiger partial charge in [-0.2, -0.15) is 0 Å². The van der Waals surface area contributed by atoms with Crippen molar-refractivity contribution in [2.75, 3.05) is 11.9 Å². The number of carbonyl (C=O) groups is 1. The van der Waals surface area contributed by atoms with Crippen LogP contribution in [0.4, 0.5) is 5.69 Å². The molecule has 94 valence electrons. The van der Waals surface area contributed by atoms with Crippen molar-refractivity contribution < 1.29 is 15.0 Å². The molecular formula is C12H18N2O3. The number of aliphatic hydroxyl groups excluding tert-OH is 1. The number of anilines is 1. The standard InChI is InChI=1S/C12H18N2O3/c1-8(15)7-14-10-4-2-9(3-5-10)6-11(13)12(16)17/h2-5,11-12,14,16-17H,6-7,13H2,1H3. The molecule has 5 nitrogen and oxygen atoms in total. The number of aliphatic hydroxyl groups is 2. The van der Waals surface area contributed by atoms with Crippen molar-refractivity contribution in [1.82, 2.24) is 0 Å². The predicted molar refractivity (Wildman–Crippen MR) is 65.5 cm³/mol. The van der Waals surface area contributed by atoms with Crippen LogP contribution in [0.25, 0.3) is 0 Å². The molecule has 0 aliphatic heterocycles. The second kappa shape index (κ2) is 6.34. The Bertz CT molecular complexity index is 363. The molecule has 1 aromatic rings. The Balaban J connectivity index is 2.53. The molecule has 1 unspecified atom stereocenters. The molecule has 0 aliphatic carbocycles. The average Bonchev–Trinajstić information content (AvgIpc) is 2.28. The number of nitrogens with one attached hydrogen (secondary N) is 1. The summed E-state index contributed by atoms with van der Waals surface area (Å²) in [5, 5.41) is 20.7. The van der Waals surface area contributed by atoms with E-state index in [9.17, 15) is 4.79 Å². The number of nitrogens with two attached hydrogens (primary N) is 1. The molecule has 0 heterocycles. The highest BCUT2D eigenvalue weighted by atomic mass is 16.5. The molecule has 0 spiro atoms. The van der Waals surface area contributed by atoms with Gasteiger partial charge < -0.3 is 21.3 Å². The molecule has 0 saturated carbocycles. The minimum absolute atomic E-state index is 0.0690. The zero-order valence-electron chi connectivity index (χ0n) is 9.76. The Morgan fingerprint density at radius 3 is 2.41 bits per heavy atom. The Labute approximate surface area is 100 Å². The van der Waals surface area contributed by atoms with Gasteiger partial charge in [-0.25, -0.2) is 0 Å². The summed E-state index contributed by atoms with van der Waals surface area (Å²) in [5.74, 6) is 0.0690. The van der Waals surface area contributed by atoms with E-state index in [1.54, 1.807) is 0 Å². The van der Waals surface area contributed by atoms with Crippen molar-refractivity contribution in [3.8, 4) is 0 Å². The van der Waals surface area contributed by atoms with Crippen LogP contribution < -0.4 is 11.1 Å². The molecule has 1 rings (SSSR count). The van der Waals surface area contributed by atoms with Crippen LogP contribution in [0.3, 0.4) is 0 Å². The van der Waals surface area contributed by atoms with Gasteiger partial charge in [0.05, 0.1) is 12.6 Å². The van der Waals surface area contributed by atoms with E-state index < -0.39 is 12.3 Å². The molecule has 1 aromatic carbocycles. The van der Waals surface area contributed by atoms with Crippen LogP contribution >= 0.6 is 0 Å². The molecule has 1 atom stereocenters. The van der Waals surface area contributed by atoms with Crippen molar-refractivity contribution >= 4 is 11.5 Å². The van der Waals surface area contributed by atoms with Crippen LogP contribution in [-0.4, -0.2) is 34.9 Å². The van der Waals surface area contributed by atoms with Crippen LogP contribution in [0.1, 0.15) is 12.5 Å². The van der Waals surface area contributed by atoms with Crippen molar-refractivity contribution in [3.63, 3.8) is 0 Å². The maximum absolute atomic E-state index is 10.8. The van der Waals surface area contributed by atoms with Gasteiger partial charge in [-0.3, -0.25) is 4.79 Å². The van der Waals surface area contributed by atoms with E-state index in [1.807, 2.05) is 24.3 Å². The van der Waals surface area contributed by atoms with Gasteiger partial charge in [-0.1, -0.05) is 12.1 Å². The lowest BCUT2D eigenvalue weighted by atomic mass is 10.1. The van der Waals surface area contributed by atoms with Crippen LogP contribution in [0.5, 0.6) is 0 Å². The van der Waals surface area contributed by atoms with E-state index >= 15 is 0 Å². The molecular weight excluding hydrogens is 220 g/mol. The third-order valence-corrected chi connectivity index (χ3v) is 2.35. The van der Waals surface area contributed by atoms with Crippen molar-refractivity contribution in [2.24, 2.45) is 5.73 Å². The maximum Gasteiger partial charge on any atom is 0.167 e. The fourth-order valence-corrected chi connectivity index (χ4v) is 1.36. The monoisotopic (exact) mass is 238 g/mol. The van der Waals surface area contributed by atoms with Gasteiger partial charge >= 0.3 is 0 Å². The summed E-state index contributed by atoms with van der Waals surface area (Å²) < 4.78 is 0. The minimum atomic E-state index is -1.51. The number of hydrogen-bond acceptors (Lipinski definition) is 5. The summed E-state index contributed by atoms with van der Waals surface area (Å²) in [6.07, 6.45) is -1.12. The highest BCUT2D eigenvalue weighted by Crippen LogP contribution is 2.11. The first-order valence-corrected chi connectivity index (χ1v) is 5.43. The SMILES string of the molecule is CC(=O)CNc1ccc(CC(N)C(O)O)cc1. The highest BCUT2D eigenvalue weighted by molar-refractivity contribution is 5.80. The fourth-order valence-electron chi connectivity index (χ4n) is 1.36. The molecule has 17 heavy (non-hydrogen) atoms. The zero-order chi connectivity index (χ0) is 12.8. The molecule has 0 radical (unpaired) electrons. The van der Waals surface area contributed by atoms with E-state index in [2.05, 4.69) is 5.32 Å². The molecule has 0 aromatic heterocycles. The first-order valence-electron chi connectivity index (χ1n) is 5.43. The van der Waals surface area contributed by atoms with Crippen LogP contribution in [-0.2, 0) is 11.2 Å². The molecule has 0 saturated heterocycles. The fraction of sp³-hybridized carbons (Fsp3) is 0.417. The lowest BCUT2D eigenvalue weighted by Gasteiger charge is -2.13. The lowest BCUT2D eigenvalue weighted by molar-refractivity contribution is -0.115. The number of rotatable bonds is 6. The Hall–Kier alpha value is -1.43. The number of benzene rings is 1. The van der Waals surface area contributed by atoms with Crippen LogP contribution in [0.15, 0.2) is 24.3 Å². The van der Waals surface area contributed by atoms with Gasteiger partial charge in [0.15, 0.2) is 6.29 Å². The van der Waals surface area contributed by atoms with Gasteiger partial charge in [0.25, 0.3) is 0 Å². The van der Waals surface area contributed by atoms with Gasteiger partial charge in [0.2, 0.25) is 0 Å². The first-order chi connectivity index (χ1) is 7.99. The Morgan fingerprint density at radius 2 is 1.94 bits per heavy atom. The summed E-state index contributed by atoms with van der Waals surface area (Å²) in [6.45, 7) is 1.82. The van der Waals surface area contributed by atoms with Crippen LogP contribution in [0, 0.1) is 0 Å². The number of carbonyl (C=O) groups excluding carboxylic acids is 1. The number of Topliss-reactive ketones (excluding diaryl/α,β-unsaturated/α-hetero) is 1. The van der Waals surface area contributed by atoms with E-state index in [-0.39, 0.29) is 5.78 Å². The van der Waals surface area contributed by atoms with Crippen LogP contribution in [0.2, 0.25) is 0 Å². The molecule has 0 fully saturated rings. The van der Waals surface area contributed by atoms with Gasteiger partial charge in [-0.15, -0.1) is 0 Å². The lowest BCUT2D eigenvalue weighted by Crippen LogP contribution is -2.36. The molecule has 0 aliphatic rings. The van der Waals surface area contributed by atoms with E-state index in [0.29, 0.717) is 13.0 Å². The third kappa shape index (κ3) is 4.95. The topological polar surface area (TPSA) is 95.6 Å². The van der Waals surface area contributed by atoms with E-state index in [0.717, 1.165) is 11.3 Å². The maximum atomic E-state index is 10.8. The summed E-state index contributed by atoms with van der Waals surface area (Å²) >= 11 is 0. The van der Waals surface area contributed by atoms with Gasteiger partial charge in [0, 0.05) is 5.69 Å². The smallest absolute Gasteiger partial charge is 0.167 e. The molecule has 0 bridgehead atoms. The zero-order valence-corrected chi connectivity index (χ0v) is 9.76. The first kappa shape index (κ1) is 13.6. The quantitative estimate of drug-likeness (QED) is 0.518. The highest BCUT2D eigenvalue weighted by Gasteiger charge is 2.11. The summed E-state index contributed by atoms with van der Waals surface area (Å²) in [6, 6.07) is 6.64. The van der Waals surface area contributed by atoms with E-state index in [4.69, 9.17) is 15.9 Å². The molecule has 5 heteroatoms. The van der Waals surface area contributed by atoms with E-state index in [1.165, 1.54) is 6.92 Å². The second-order valence-electron chi connectivity index (χ2n) is 4.03. The number of ketones is 1. The van der Waals surface area contributed by atoms with Crippen molar-refractivity contribution in [2.45, 2.75) is 25.7 Å². The van der Waals surface area contributed by atoms with Gasteiger partial charge in [-0.05, 0) is 31.0 Å². The second-order valence-corrected chi connectivity index (χ2v) is 4.03. The average molecular weight is 238 g/mol. The Kier molecular flexibility index (Phi) is 5.09. The minimum Gasteiger partial charge on any atom is -0.378 e. The largest absolute Gasteiger partial charge is 0.378 e. The molecule has 0 amide bonds. The van der Waals surface area contributed by atoms with Gasteiger partial charge in [0.1, 0.15) is 5.78 Å². The normalized spacial score (nSPS) is 12.5. The predicted octanol–water partition coefficient (Wildman–Crippen LogP) is -0.132. The third-order valence-electron chi connectivity index (χ3n) is 2.35. The van der Waals surface area contributed by atoms with Crippen molar-refractivity contribution in [1.29, 1.82) is 0 Å². The van der Waals surface area contributed by atoms with Crippen molar-refractivity contribution in [3.05, 3.63) is 29.8 Å². The molecule has 5 N–H and O–H groups in total. The Morgan fingerprint density at radius 1 is 1.35 bits per heavy atom.